The Bertz CT molecular complexity index is 772. The normalized spacial score (nSPS) is 11.5. The summed E-state index contributed by atoms with van der Waals surface area (Å²) in [6.45, 7) is 2.77. The molecule has 0 aliphatic heterocycles. The molecule has 1 aromatic heterocycles. The summed E-state index contributed by atoms with van der Waals surface area (Å²) >= 11 is 6.36. The van der Waals surface area contributed by atoms with Crippen LogP contribution in [-0.2, 0) is 6.54 Å². The Morgan fingerprint density at radius 3 is 2.95 bits per heavy atom. The quantitative estimate of drug-likeness (QED) is 0.676. The second-order valence-corrected chi connectivity index (χ2v) is 5.15. The molecule has 0 bridgehead atoms. The zero-order valence-corrected chi connectivity index (χ0v) is 12.0. The Hall–Kier alpha value is -2.06. The molecule has 0 fully saturated rings. The zero-order chi connectivity index (χ0) is 13.9. The molecule has 3 heteroatoms. The summed E-state index contributed by atoms with van der Waals surface area (Å²) in [7, 11) is 0. The van der Waals surface area contributed by atoms with Gasteiger partial charge in [-0.1, -0.05) is 41.9 Å². The molecule has 3 rings (SSSR count). The first-order chi connectivity index (χ1) is 9.78. The SMILES string of the molecule is CC=Cc1cncn1Cc1cc(Cl)c2ccccc2c1. The zero-order valence-electron chi connectivity index (χ0n) is 11.3. The van der Waals surface area contributed by atoms with E-state index >= 15 is 0 Å². The number of aromatic nitrogens is 2. The van der Waals surface area contributed by atoms with Gasteiger partial charge in [-0.25, -0.2) is 4.98 Å². The number of halogens is 1. The van der Waals surface area contributed by atoms with Gasteiger partial charge in [0.25, 0.3) is 0 Å². The van der Waals surface area contributed by atoms with E-state index in [1.54, 1.807) is 0 Å². The van der Waals surface area contributed by atoms with Crippen LogP contribution in [0.25, 0.3) is 16.8 Å². The van der Waals surface area contributed by atoms with Crippen LogP contribution >= 0.6 is 11.6 Å². The summed E-state index contributed by atoms with van der Waals surface area (Å²) in [5, 5.41) is 3.06. The van der Waals surface area contributed by atoms with E-state index in [0.717, 1.165) is 22.6 Å². The smallest absolute Gasteiger partial charge is 0.0953 e. The van der Waals surface area contributed by atoms with E-state index in [1.165, 1.54) is 10.9 Å². The highest BCUT2D eigenvalue weighted by Crippen LogP contribution is 2.25. The minimum absolute atomic E-state index is 0.768. The molecular weight excluding hydrogens is 268 g/mol. The summed E-state index contributed by atoms with van der Waals surface area (Å²) in [5.41, 5.74) is 2.27. The highest BCUT2D eigenvalue weighted by Gasteiger charge is 2.04. The van der Waals surface area contributed by atoms with Crippen LogP contribution in [0.3, 0.4) is 0 Å². The van der Waals surface area contributed by atoms with Crippen molar-refractivity contribution in [3.63, 3.8) is 0 Å². The lowest BCUT2D eigenvalue weighted by atomic mass is 10.1. The van der Waals surface area contributed by atoms with Crippen LogP contribution in [0.2, 0.25) is 5.02 Å². The van der Waals surface area contributed by atoms with Gasteiger partial charge in [-0.05, 0) is 36.1 Å². The Morgan fingerprint density at radius 1 is 1.25 bits per heavy atom. The highest BCUT2D eigenvalue weighted by atomic mass is 35.5. The molecule has 0 spiro atoms. The molecule has 0 aliphatic carbocycles. The van der Waals surface area contributed by atoms with E-state index in [1.807, 2.05) is 49.8 Å². The van der Waals surface area contributed by atoms with Crippen LogP contribution in [0.15, 0.2) is 55.0 Å². The Balaban J connectivity index is 2.00. The molecule has 2 aromatic carbocycles. The maximum Gasteiger partial charge on any atom is 0.0953 e. The van der Waals surface area contributed by atoms with Gasteiger partial charge in [0.15, 0.2) is 0 Å². The number of hydrogen-bond donors (Lipinski definition) is 0. The van der Waals surface area contributed by atoms with E-state index in [9.17, 15) is 0 Å². The maximum absolute atomic E-state index is 6.36. The van der Waals surface area contributed by atoms with E-state index in [2.05, 4.69) is 27.8 Å². The molecular formula is C17H15ClN2. The molecule has 0 atom stereocenters. The Morgan fingerprint density at radius 2 is 2.10 bits per heavy atom. The predicted octanol–water partition coefficient (Wildman–Crippen LogP) is 4.77. The molecule has 100 valence electrons. The van der Waals surface area contributed by atoms with Gasteiger partial charge in [-0.15, -0.1) is 0 Å². The van der Waals surface area contributed by atoms with Crippen molar-refractivity contribution in [2.75, 3.05) is 0 Å². The van der Waals surface area contributed by atoms with E-state index < -0.39 is 0 Å². The predicted molar refractivity (Wildman–Crippen MR) is 85.0 cm³/mol. The summed E-state index contributed by atoms with van der Waals surface area (Å²) < 4.78 is 2.11. The molecule has 0 aliphatic rings. The molecule has 0 N–H and O–H groups in total. The fourth-order valence-electron chi connectivity index (χ4n) is 2.38. The molecule has 0 saturated heterocycles. The van der Waals surface area contributed by atoms with Crippen molar-refractivity contribution in [1.82, 2.24) is 9.55 Å². The minimum Gasteiger partial charge on any atom is -0.327 e. The van der Waals surface area contributed by atoms with Gasteiger partial charge >= 0.3 is 0 Å². The number of allylic oxidation sites excluding steroid dienone is 1. The third-order valence-electron chi connectivity index (χ3n) is 3.31. The van der Waals surface area contributed by atoms with Crippen molar-refractivity contribution < 1.29 is 0 Å². The Labute approximate surface area is 123 Å². The van der Waals surface area contributed by atoms with Gasteiger partial charge in [0.2, 0.25) is 0 Å². The lowest BCUT2D eigenvalue weighted by molar-refractivity contribution is 0.790. The second-order valence-electron chi connectivity index (χ2n) is 4.75. The van der Waals surface area contributed by atoms with Gasteiger partial charge in [0.1, 0.15) is 0 Å². The van der Waals surface area contributed by atoms with E-state index in [-0.39, 0.29) is 0 Å². The van der Waals surface area contributed by atoms with Crippen molar-refractivity contribution in [3.8, 4) is 0 Å². The highest BCUT2D eigenvalue weighted by molar-refractivity contribution is 6.35. The molecule has 20 heavy (non-hydrogen) atoms. The van der Waals surface area contributed by atoms with Crippen LogP contribution in [0.5, 0.6) is 0 Å². The lowest BCUT2D eigenvalue weighted by Crippen LogP contribution is -2.00. The summed E-state index contributed by atoms with van der Waals surface area (Å²) in [5.74, 6) is 0. The number of fused-ring (bicyclic) bond motifs is 1. The molecule has 2 nitrogen and oxygen atoms in total. The van der Waals surface area contributed by atoms with Crippen LogP contribution < -0.4 is 0 Å². The average Bonchev–Trinajstić information content (AvgIpc) is 2.87. The second kappa shape index (κ2) is 5.51. The van der Waals surface area contributed by atoms with Crippen LogP contribution in [0, 0.1) is 0 Å². The molecule has 0 saturated carbocycles. The number of nitrogens with zero attached hydrogens (tertiary/aromatic N) is 2. The maximum atomic E-state index is 6.36. The van der Waals surface area contributed by atoms with Gasteiger partial charge in [0, 0.05) is 17.0 Å². The first kappa shape index (κ1) is 12.9. The van der Waals surface area contributed by atoms with E-state index in [0.29, 0.717) is 0 Å². The van der Waals surface area contributed by atoms with Crippen molar-refractivity contribution in [2.45, 2.75) is 13.5 Å². The first-order valence-corrected chi connectivity index (χ1v) is 6.96. The molecule has 0 amide bonds. The van der Waals surface area contributed by atoms with Gasteiger partial charge in [0.05, 0.1) is 18.2 Å². The van der Waals surface area contributed by atoms with Crippen molar-refractivity contribution in [1.29, 1.82) is 0 Å². The monoisotopic (exact) mass is 282 g/mol. The number of imidazole rings is 1. The number of hydrogen-bond acceptors (Lipinski definition) is 1. The lowest BCUT2D eigenvalue weighted by Gasteiger charge is -2.08. The molecule has 1 heterocycles. The summed E-state index contributed by atoms with van der Waals surface area (Å²) in [6.07, 6.45) is 7.78. The minimum atomic E-state index is 0.768. The third-order valence-corrected chi connectivity index (χ3v) is 3.62. The largest absolute Gasteiger partial charge is 0.327 e. The summed E-state index contributed by atoms with van der Waals surface area (Å²) in [6, 6.07) is 12.4. The number of benzene rings is 2. The fourth-order valence-corrected chi connectivity index (χ4v) is 2.70. The molecule has 0 unspecified atom stereocenters. The van der Waals surface area contributed by atoms with Gasteiger partial charge in [-0.3, -0.25) is 0 Å². The topological polar surface area (TPSA) is 17.8 Å². The Kier molecular flexibility index (Phi) is 3.57. The molecule has 3 aromatic rings. The van der Waals surface area contributed by atoms with Gasteiger partial charge in [-0.2, -0.15) is 0 Å². The standard InChI is InChI=1S/C17H15ClN2/c1-2-5-15-10-19-12-20(15)11-13-8-14-6-3-4-7-16(14)17(18)9-13/h2-10,12H,11H2,1H3. The number of rotatable bonds is 3. The third kappa shape index (κ3) is 2.47. The van der Waals surface area contributed by atoms with Crippen molar-refractivity contribution in [2.24, 2.45) is 0 Å². The van der Waals surface area contributed by atoms with E-state index in [4.69, 9.17) is 11.6 Å². The first-order valence-electron chi connectivity index (χ1n) is 6.58. The van der Waals surface area contributed by atoms with Crippen molar-refractivity contribution >= 4 is 28.4 Å². The van der Waals surface area contributed by atoms with Crippen LogP contribution in [0.4, 0.5) is 0 Å². The average molecular weight is 283 g/mol. The summed E-state index contributed by atoms with van der Waals surface area (Å²) in [4.78, 5) is 4.20. The van der Waals surface area contributed by atoms with Crippen LogP contribution in [0.1, 0.15) is 18.2 Å². The van der Waals surface area contributed by atoms with Gasteiger partial charge < -0.3 is 4.57 Å². The fraction of sp³-hybridized carbons (Fsp3) is 0.118. The van der Waals surface area contributed by atoms with Crippen LogP contribution in [-0.4, -0.2) is 9.55 Å². The molecule has 0 radical (unpaired) electrons. The van der Waals surface area contributed by atoms with Crippen molar-refractivity contribution in [3.05, 3.63) is 71.3 Å².